The minimum atomic E-state index is -0.221. The lowest BCUT2D eigenvalue weighted by Crippen LogP contribution is -2.29. The third-order valence-electron chi connectivity index (χ3n) is 3.04. The van der Waals surface area contributed by atoms with Gasteiger partial charge in [-0.2, -0.15) is 0 Å². The number of halogens is 1. The van der Waals surface area contributed by atoms with Crippen molar-refractivity contribution in [3.05, 3.63) is 65.2 Å². The quantitative estimate of drug-likeness (QED) is 0.642. The summed E-state index contributed by atoms with van der Waals surface area (Å²) in [5.41, 5.74) is 5.82. The summed E-state index contributed by atoms with van der Waals surface area (Å²) in [7, 11) is 0. The van der Waals surface area contributed by atoms with Crippen molar-refractivity contribution in [2.24, 2.45) is 5.84 Å². The van der Waals surface area contributed by atoms with Crippen molar-refractivity contribution in [2.75, 3.05) is 0 Å². The van der Waals surface area contributed by atoms with Gasteiger partial charge in [0.1, 0.15) is 5.82 Å². The number of aromatic nitrogens is 1. The van der Waals surface area contributed by atoms with Gasteiger partial charge in [-0.3, -0.25) is 16.3 Å². The van der Waals surface area contributed by atoms with Gasteiger partial charge in [0.25, 0.3) is 0 Å². The number of hydrogen-bond donors (Lipinski definition) is 2. The molecule has 0 amide bonds. The van der Waals surface area contributed by atoms with Gasteiger partial charge in [0.05, 0.1) is 6.04 Å². The lowest BCUT2D eigenvalue weighted by molar-refractivity contribution is 0.546. The molecule has 0 aliphatic rings. The molecule has 0 bridgehead atoms. The molecule has 18 heavy (non-hydrogen) atoms. The zero-order chi connectivity index (χ0) is 13.0. The van der Waals surface area contributed by atoms with Crippen molar-refractivity contribution in [1.29, 1.82) is 0 Å². The lowest BCUT2D eigenvalue weighted by atomic mass is 9.97. The molecule has 0 fully saturated rings. The number of rotatable bonds is 4. The number of nitrogens with two attached hydrogens (primary N) is 1. The molecule has 3 N–H and O–H groups in total. The van der Waals surface area contributed by atoms with Crippen LogP contribution in [0.2, 0.25) is 0 Å². The van der Waals surface area contributed by atoms with Gasteiger partial charge >= 0.3 is 0 Å². The van der Waals surface area contributed by atoms with Crippen LogP contribution >= 0.6 is 0 Å². The first-order valence-electron chi connectivity index (χ1n) is 5.82. The largest absolute Gasteiger partial charge is 0.271 e. The number of pyridine rings is 1. The van der Waals surface area contributed by atoms with Crippen LogP contribution in [0, 0.1) is 12.7 Å². The third-order valence-corrected chi connectivity index (χ3v) is 3.04. The Morgan fingerprint density at radius 2 is 2.00 bits per heavy atom. The molecule has 0 radical (unpaired) electrons. The van der Waals surface area contributed by atoms with Gasteiger partial charge in [-0.15, -0.1) is 0 Å². The Labute approximate surface area is 106 Å². The maximum Gasteiger partial charge on any atom is 0.123 e. The van der Waals surface area contributed by atoms with E-state index < -0.39 is 0 Å². The second kappa shape index (κ2) is 5.71. The van der Waals surface area contributed by atoms with E-state index in [1.807, 2.05) is 19.1 Å². The molecule has 94 valence electrons. The molecule has 0 saturated carbocycles. The molecule has 0 aliphatic heterocycles. The molecule has 0 spiro atoms. The maximum atomic E-state index is 13.2. The molecule has 1 unspecified atom stereocenters. The van der Waals surface area contributed by atoms with E-state index in [1.165, 1.54) is 6.07 Å². The van der Waals surface area contributed by atoms with E-state index in [0.29, 0.717) is 6.42 Å². The van der Waals surface area contributed by atoms with Crippen LogP contribution in [0.5, 0.6) is 0 Å². The van der Waals surface area contributed by atoms with Crippen LogP contribution in [-0.4, -0.2) is 4.98 Å². The highest BCUT2D eigenvalue weighted by Crippen LogP contribution is 2.20. The molecule has 2 rings (SSSR count). The molecule has 1 heterocycles. The Balaban J connectivity index is 2.23. The average molecular weight is 245 g/mol. The summed E-state index contributed by atoms with van der Waals surface area (Å²) in [6, 6.07) is 8.56. The molecule has 4 heteroatoms. The molecule has 0 aliphatic carbocycles. The summed E-state index contributed by atoms with van der Waals surface area (Å²) < 4.78 is 13.2. The normalized spacial score (nSPS) is 12.4. The van der Waals surface area contributed by atoms with Gasteiger partial charge in [0, 0.05) is 12.4 Å². The highest BCUT2D eigenvalue weighted by atomic mass is 19.1. The number of nitrogens with zero attached hydrogens (tertiary/aromatic N) is 1. The van der Waals surface area contributed by atoms with Crippen LogP contribution in [-0.2, 0) is 6.42 Å². The number of aryl methyl sites for hydroxylation is 1. The van der Waals surface area contributed by atoms with Crippen LogP contribution in [0.1, 0.15) is 22.7 Å². The fraction of sp³-hybridized carbons (Fsp3) is 0.214. The van der Waals surface area contributed by atoms with Gasteiger partial charge in [-0.1, -0.05) is 6.07 Å². The molecule has 1 aromatic heterocycles. The predicted octanol–water partition coefficient (Wildman–Crippen LogP) is 2.28. The predicted molar refractivity (Wildman–Crippen MR) is 69.1 cm³/mol. The SMILES string of the molecule is Cc1ccc(F)cc1CC(NN)c1ccncc1. The zero-order valence-corrected chi connectivity index (χ0v) is 10.2. The highest BCUT2D eigenvalue weighted by molar-refractivity contribution is 5.29. The van der Waals surface area contributed by atoms with Crippen LogP contribution < -0.4 is 11.3 Å². The molecular weight excluding hydrogens is 229 g/mol. The number of nitrogens with one attached hydrogen (secondary N) is 1. The van der Waals surface area contributed by atoms with Crippen LogP contribution in [0.15, 0.2) is 42.7 Å². The van der Waals surface area contributed by atoms with Crippen LogP contribution in [0.4, 0.5) is 4.39 Å². The Bertz CT molecular complexity index is 514. The maximum absolute atomic E-state index is 13.2. The Hall–Kier alpha value is -1.78. The van der Waals surface area contributed by atoms with Gasteiger partial charge < -0.3 is 0 Å². The summed E-state index contributed by atoms with van der Waals surface area (Å²) in [4.78, 5) is 3.97. The fourth-order valence-electron chi connectivity index (χ4n) is 1.95. The van der Waals surface area contributed by atoms with Crippen molar-refractivity contribution < 1.29 is 4.39 Å². The van der Waals surface area contributed by atoms with E-state index >= 15 is 0 Å². The Morgan fingerprint density at radius 3 is 2.67 bits per heavy atom. The van der Waals surface area contributed by atoms with E-state index in [9.17, 15) is 4.39 Å². The fourth-order valence-corrected chi connectivity index (χ4v) is 1.95. The monoisotopic (exact) mass is 245 g/mol. The number of benzene rings is 1. The number of hydrogen-bond acceptors (Lipinski definition) is 3. The summed E-state index contributed by atoms with van der Waals surface area (Å²) >= 11 is 0. The van der Waals surface area contributed by atoms with Gasteiger partial charge in [0.15, 0.2) is 0 Å². The first-order valence-corrected chi connectivity index (χ1v) is 5.82. The topological polar surface area (TPSA) is 50.9 Å². The Kier molecular flexibility index (Phi) is 4.02. The molecule has 0 saturated heterocycles. The smallest absolute Gasteiger partial charge is 0.123 e. The van der Waals surface area contributed by atoms with E-state index in [4.69, 9.17) is 5.84 Å². The number of hydrazine groups is 1. The molecule has 3 nitrogen and oxygen atoms in total. The van der Waals surface area contributed by atoms with Crippen molar-refractivity contribution in [3.8, 4) is 0 Å². The van der Waals surface area contributed by atoms with Crippen molar-refractivity contribution in [1.82, 2.24) is 10.4 Å². The van der Waals surface area contributed by atoms with E-state index in [0.717, 1.165) is 16.7 Å². The van der Waals surface area contributed by atoms with Crippen molar-refractivity contribution in [3.63, 3.8) is 0 Å². The standard InChI is InChI=1S/C14H16FN3/c1-10-2-3-13(15)8-12(10)9-14(18-16)11-4-6-17-7-5-11/h2-8,14,18H,9,16H2,1H3. The van der Waals surface area contributed by atoms with Gasteiger partial charge in [-0.05, 0) is 54.3 Å². The minimum absolute atomic E-state index is 0.0477. The van der Waals surface area contributed by atoms with Crippen molar-refractivity contribution >= 4 is 0 Å². The van der Waals surface area contributed by atoms with Gasteiger partial charge in [-0.25, -0.2) is 4.39 Å². The van der Waals surface area contributed by atoms with Crippen LogP contribution in [0.3, 0.4) is 0 Å². The molecule has 1 aromatic carbocycles. The summed E-state index contributed by atoms with van der Waals surface area (Å²) in [5.74, 6) is 5.36. The highest BCUT2D eigenvalue weighted by Gasteiger charge is 2.12. The van der Waals surface area contributed by atoms with Crippen LogP contribution in [0.25, 0.3) is 0 Å². The van der Waals surface area contributed by atoms with Crippen molar-refractivity contribution in [2.45, 2.75) is 19.4 Å². The minimum Gasteiger partial charge on any atom is -0.271 e. The lowest BCUT2D eigenvalue weighted by Gasteiger charge is -2.17. The second-order valence-electron chi connectivity index (χ2n) is 4.27. The molecular formula is C14H16FN3. The molecule has 2 aromatic rings. The average Bonchev–Trinajstić information content (AvgIpc) is 2.41. The van der Waals surface area contributed by atoms with E-state index in [-0.39, 0.29) is 11.9 Å². The first kappa shape index (κ1) is 12.7. The van der Waals surface area contributed by atoms with E-state index in [1.54, 1.807) is 24.5 Å². The summed E-state index contributed by atoms with van der Waals surface area (Å²) in [6.45, 7) is 1.97. The van der Waals surface area contributed by atoms with E-state index in [2.05, 4.69) is 10.4 Å². The van der Waals surface area contributed by atoms with Gasteiger partial charge in [0.2, 0.25) is 0 Å². The third kappa shape index (κ3) is 2.91. The Morgan fingerprint density at radius 1 is 1.28 bits per heavy atom. The summed E-state index contributed by atoms with van der Waals surface area (Å²) in [5, 5.41) is 0. The first-order chi connectivity index (χ1) is 8.70. The zero-order valence-electron chi connectivity index (χ0n) is 10.2. The second-order valence-corrected chi connectivity index (χ2v) is 4.27. The summed E-state index contributed by atoms with van der Waals surface area (Å²) in [6.07, 6.45) is 4.08. The molecule has 1 atom stereocenters.